The van der Waals surface area contributed by atoms with Crippen molar-refractivity contribution >= 4 is 29.1 Å². The van der Waals surface area contributed by atoms with E-state index in [1.807, 2.05) is 18.2 Å². The fraction of sp³-hybridized carbons (Fsp3) is 0.444. The van der Waals surface area contributed by atoms with Crippen molar-refractivity contribution in [3.8, 4) is 0 Å². The van der Waals surface area contributed by atoms with Crippen LogP contribution in [0.3, 0.4) is 0 Å². The number of nitrogens with one attached hydrogen (secondary N) is 1. The largest absolute Gasteiger partial charge is 0.329 e. The fourth-order valence-electron chi connectivity index (χ4n) is 4.05. The highest BCUT2D eigenvalue weighted by Crippen LogP contribution is 2.43. The number of piperidine rings is 1. The molecular formula is C18H19N3O4. The Balaban J connectivity index is 1.83. The van der Waals surface area contributed by atoms with Crippen molar-refractivity contribution < 1.29 is 14.4 Å². The first-order chi connectivity index (χ1) is 12.0. The number of aromatic nitrogens is 2. The molecule has 1 unspecified atom stereocenters. The molecule has 130 valence electrons. The van der Waals surface area contributed by atoms with Crippen molar-refractivity contribution in [1.82, 2.24) is 14.5 Å². The lowest BCUT2D eigenvalue weighted by atomic mass is 9.72. The molecule has 2 heterocycles. The number of para-hydroxylation sites is 1. The van der Waals surface area contributed by atoms with Gasteiger partial charge in [0.1, 0.15) is 12.3 Å². The van der Waals surface area contributed by atoms with E-state index in [2.05, 4.69) is 5.32 Å². The van der Waals surface area contributed by atoms with Gasteiger partial charge in [-0.25, -0.2) is 4.79 Å². The molecule has 2 aliphatic rings. The highest BCUT2D eigenvalue weighted by Gasteiger charge is 2.34. The molecule has 1 aliphatic heterocycles. The number of aldehydes is 1. The van der Waals surface area contributed by atoms with Crippen molar-refractivity contribution in [1.29, 1.82) is 0 Å². The van der Waals surface area contributed by atoms with Crippen LogP contribution in [0.4, 0.5) is 0 Å². The lowest BCUT2D eigenvalue weighted by molar-refractivity contribution is -0.135. The zero-order valence-electron chi connectivity index (χ0n) is 13.9. The second kappa shape index (κ2) is 5.68. The van der Waals surface area contributed by atoms with E-state index < -0.39 is 11.9 Å². The summed E-state index contributed by atoms with van der Waals surface area (Å²) in [6, 6.07) is 5.03. The second-order valence-corrected chi connectivity index (χ2v) is 6.96. The van der Waals surface area contributed by atoms with Crippen molar-refractivity contribution in [2.45, 2.75) is 37.6 Å². The van der Waals surface area contributed by atoms with E-state index in [1.54, 1.807) is 11.6 Å². The number of carbonyl (C=O) groups is 3. The summed E-state index contributed by atoms with van der Waals surface area (Å²) in [7, 11) is 1.70. The first-order valence-electron chi connectivity index (χ1n) is 8.50. The van der Waals surface area contributed by atoms with E-state index in [-0.39, 0.29) is 29.9 Å². The van der Waals surface area contributed by atoms with Gasteiger partial charge in [-0.3, -0.25) is 24.0 Å². The van der Waals surface area contributed by atoms with Crippen LogP contribution in [0.1, 0.15) is 43.2 Å². The predicted molar refractivity (Wildman–Crippen MR) is 90.1 cm³/mol. The summed E-state index contributed by atoms with van der Waals surface area (Å²) in [5, 5.41) is 2.32. The van der Waals surface area contributed by atoms with Gasteiger partial charge in [-0.1, -0.05) is 12.1 Å². The number of amides is 2. The Morgan fingerprint density at radius 1 is 1.20 bits per heavy atom. The van der Waals surface area contributed by atoms with E-state index in [0.717, 1.165) is 30.2 Å². The number of imidazole rings is 1. The van der Waals surface area contributed by atoms with Gasteiger partial charge in [-0.05, 0) is 36.8 Å². The van der Waals surface area contributed by atoms with E-state index >= 15 is 0 Å². The highest BCUT2D eigenvalue weighted by molar-refractivity contribution is 6.00. The molecule has 1 saturated carbocycles. The number of hydrogen-bond acceptors (Lipinski definition) is 4. The second-order valence-electron chi connectivity index (χ2n) is 6.96. The molecule has 2 aromatic rings. The third-order valence-electron chi connectivity index (χ3n) is 5.46. The Bertz CT molecular complexity index is 949. The molecule has 1 saturated heterocycles. The third-order valence-corrected chi connectivity index (χ3v) is 5.46. The molecule has 1 atom stereocenters. The normalized spacial score (nSPS) is 26.4. The smallest absolute Gasteiger partial charge is 0.303 e. The van der Waals surface area contributed by atoms with Crippen LogP contribution in [-0.2, 0) is 21.4 Å². The molecule has 2 fully saturated rings. The van der Waals surface area contributed by atoms with Crippen molar-refractivity contribution in [3.05, 3.63) is 34.2 Å². The van der Waals surface area contributed by atoms with Gasteiger partial charge in [0.2, 0.25) is 11.8 Å². The summed E-state index contributed by atoms with van der Waals surface area (Å²) in [6.45, 7) is 0. The van der Waals surface area contributed by atoms with Gasteiger partial charge in [0.25, 0.3) is 0 Å². The van der Waals surface area contributed by atoms with Gasteiger partial charge >= 0.3 is 5.69 Å². The number of imide groups is 1. The molecule has 4 rings (SSSR count). The molecule has 2 amide bonds. The van der Waals surface area contributed by atoms with Crippen molar-refractivity contribution in [3.63, 3.8) is 0 Å². The van der Waals surface area contributed by atoms with E-state index in [0.29, 0.717) is 11.9 Å². The molecule has 7 heteroatoms. The summed E-state index contributed by atoms with van der Waals surface area (Å²) >= 11 is 0. The molecule has 0 bridgehead atoms. The van der Waals surface area contributed by atoms with Crippen LogP contribution in [0, 0.1) is 5.92 Å². The standard InChI is InChI=1S/C18H19N3O4/c1-20-16-12(11-7-10(8-11)9-22)3-2-4-13(16)21(18(20)25)14-5-6-15(23)19-17(14)24/h2-4,9-11,14H,5-8H2,1H3,(H,19,23,24). The Morgan fingerprint density at radius 3 is 2.64 bits per heavy atom. The quantitative estimate of drug-likeness (QED) is 0.666. The average molecular weight is 341 g/mol. The molecular weight excluding hydrogens is 322 g/mol. The van der Waals surface area contributed by atoms with Crippen LogP contribution in [-0.4, -0.2) is 27.2 Å². The summed E-state index contributed by atoms with van der Waals surface area (Å²) in [6.07, 6.45) is 3.12. The first kappa shape index (κ1) is 15.8. The number of benzene rings is 1. The zero-order chi connectivity index (χ0) is 17.7. The van der Waals surface area contributed by atoms with E-state index in [1.165, 1.54) is 4.57 Å². The Hall–Kier alpha value is -2.70. The average Bonchev–Trinajstić information content (AvgIpc) is 2.79. The van der Waals surface area contributed by atoms with Crippen molar-refractivity contribution in [2.24, 2.45) is 13.0 Å². The molecule has 7 nitrogen and oxygen atoms in total. The lowest BCUT2D eigenvalue weighted by Crippen LogP contribution is -2.44. The number of fused-ring (bicyclic) bond motifs is 1. The van der Waals surface area contributed by atoms with Gasteiger partial charge in [-0.15, -0.1) is 0 Å². The minimum absolute atomic E-state index is 0.0921. The summed E-state index contributed by atoms with van der Waals surface area (Å²) in [5.74, 6) is -0.387. The van der Waals surface area contributed by atoms with Crippen molar-refractivity contribution in [2.75, 3.05) is 0 Å². The van der Waals surface area contributed by atoms with Gasteiger partial charge in [0.05, 0.1) is 11.0 Å². The Kier molecular flexibility index (Phi) is 3.59. The van der Waals surface area contributed by atoms with Gasteiger partial charge in [-0.2, -0.15) is 0 Å². The van der Waals surface area contributed by atoms with Crippen LogP contribution < -0.4 is 11.0 Å². The molecule has 1 aliphatic carbocycles. The number of hydrogen-bond donors (Lipinski definition) is 1. The SMILES string of the molecule is Cn1c(=O)n(C2CCC(=O)NC2=O)c2cccc(C3CC(C=O)C3)c21. The van der Waals surface area contributed by atoms with Crippen LogP contribution in [0.15, 0.2) is 23.0 Å². The number of carbonyl (C=O) groups excluding carboxylic acids is 3. The topological polar surface area (TPSA) is 90.2 Å². The number of rotatable bonds is 3. The molecule has 1 aromatic carbocycles. The fourth-order valence-corrected chi connectivity index (χ4v) is 4.05. The zero-order valence-corrected chi connectivity index (χ0v) is 13.9. The number of nitrogens with zero attached hydrogens (tertiary/aromatic N) is 2. The van der Waals surface area contributed by atoms with Crippen LogP contribution in [0.2, 0.25) is 0 Å². The Labute approximate surface area is 143 Å². The molecule has 1 N–H and O–H groups in total. The minimum atomic E-state index is -0.673. The third kappa shape index (κ3) is 2.33. The lowest BCUT2D eigenvalue weighted by Gasteiger charge is -2.32. The van der Waals surface area contributed by atoms with Gasteiger partial charge in [0, 0.05) is 19.4 Å². The predicted octanol–water partition coefficient (Wildman–Crippen LogP) is 1.01. The maximum atomic E-state index is 12.8. The van der Waals surface area contributed by atoms with E-state index in [9.17, 15) is 19.2 Å². The molecule has 1 aromatic heterocycles. The molecule has 25 heavy (non-hydrogen) atoms. The summed E-state index contributed by atoms with van der Waals surface area (Å²) in [4.78, 5) is 47.4. The summed E-state index contributed by atoms with van der Waals surface area (Å²) < 4.78 is 3.07. The van der Waals surface area contributed by atoms with Crippen LogP contribution >= 0.6 is 0 Å². The molecule has 0 spiro atoms. The van der Waals surface area contributed by atoms with Crippen LogP contribution in [0.5, 0.6) is 0 Å². The van der Waals surface area contributed by atoms with E-state index in [4.69, 9.17) is 0 Å². The number of aryl methyl sites for hydroxylation is 1. The highest BCUT2D eigenvalue weighted by atomic mass is 16.2. The minimum Gasteiger partial charge on any atom is -0.303 e. The first-order valence-corrected chi connectivity index (χ1v) is 8.50. The van der Waals surface area contributed by atoms with Crippen LogP contribution in [0.25, 0.3) is 11.0 Å². The summed E-state index contributed by atoms with van der Waals surface area (Å²) in [5.41, 5.74) is 2.30. The van der Waals surface area contributed by atoms with Gasteiger partial charge in [0.15, 0.2) is 0 Å². The maximum Gasteiger partial charge on any atom is 0.329 e. The monoisotopic (exact) mass is 341 g/mol. The van der Waals surface area contributed by atoms with Gasteiger partial charge < -0.3 is 4.79 Å². The maximum absolute atomic E-state index is 12.8. The Morgan fingerprint density at radius 2 is 1.96 bits per heavy atom. The molecule has 0 radical (unpaired) electrons.